The first kappa shape index (κ1) is 20.9. The minimum absolute atomic E-state index is 0.00101. The van der Waals surface area contributed by atoms with Gasteiger partial charge in [-0.2, -0.15) is 0 Å². The number of hydrogen-bond acceptors (Lipinski definition) is 3. The molecule has 0 aliphatic carbocycles. The molecule has 4 rings (SSSR count). The van der Waals surface area contributed by atoms with Crippen molar-refractivity contribution < 1.29 is 13.9 Å². The van der Waals surface area contributed by atoms with Crippen molar-refractivity contribution in [2.75, 3.05) is 13.1 Å². The van der Waals surface area contributed by atoms with Crippen molar-refractivity contribution >= 4 is 5.91 Å². The van der Waals surface area contributed by atoms with Gasteiger partial charge in [0.2, 0.25) is 5.91 Å². The zero-order valence-corrected chi connectivity index (χ0v) is 18.1. The van der Waals surface area contributed by atoms with Crippen molar-refractivity contribution in [1.29, 1.82) is 0 Å². The maximum absolute atomic E-state index is 13.9. The van der Waals surface area contributed by atoms with Crippen LogP contribution in [0.1, 0.15) is 55.8 Å². The number of amides is 1. The van der Waals surface area contributed by atoms with E-state index in [-0.39, 0.29) is 29.3 Å². The highest BCUT2D eigenvalue weighted by atomic mass is 19.1. The van der Waals surface area contributed by atoms with Gasteiger partial charge in [-0.25, -0.2) is 4.39 Å². The Kier molecular flexibility index (Phi) is 5.83. The van der Waals surface area contributed by atoms with Crippen molar-refractivity contribution in [3.8, 4) is 5.75 Å². The van der Waals surface area contributed by atoms with Gasteiger partial charge >= 0.3 is 0 Å². The van der Waals surface area contributed by atoms with Gasteiger partial charge in [0.05, 0.1) is 6.04 Å². The third-order valence-electron chi connectivity index (χ3n) is 6.25. The second-order valence-corrected chi connectivity index (χ2v) is 9.31. The number of ether oxygens (including phenoxy) is 1. The Bertz CT molecular complexity index is 919. The molecule has 2 heterocycles. The topological polar surface area (TPSA) is 41.6 Å². The van der Waals surface area contributed by atoms with E-state index in [2.05, 4.69) is 37.1 Å². The van der Waals surface area contributed by atoms with Gasteiger partial charge in [0.1, 0.15) is 17.2 Å². The maximum Gasteiger partial charge on any atom is 0.223 e. The molecule has 1 N–H and O–H groups in total. The van der Waals surface area contributed by atoms with Crippen LogP contribution in [0.3, 0.4) is 0 Å². The van der Waals surface area contributed by atoms with E-state index in [1.165, 1.54) is 6.07 Å². The highest BCUT2D eigenvalue weighted by molar-refractivity contribution is 5.79. The van der Waals surface area contributed by atoms with Crippen LogP contribution in [0.25, 0.3) is 0 Å². The molecule has 4 nitrogen and oxygen atoms in total. The number of carbonyl (C=O) groups is 1. The van der Waals surface area contributed by atoms with Crippen molar-refractivity contribution in [3.63, 3.8) is 0 Å². The molecular formula is C25H31FN2O2. The third-order valence-corrected chi connectivity index (χ3v) is 6.25. The first-order chi connectivity index (χ1) is 14.3. The van der Waals surface area contributed by atoms with Gasteiger partial charge in [0, 0.05) is 30.0 Å². The highest BCUT2D eigenvalue weighted by Crippen LogP contribution is 2.40. The van der Waals surface area contributed by atoms with Gasteiger partial charge < -0.3 is 10.1 Å². The molecule has 2 aromatic carbocycles. The van der Waals surface area contributed by atoms with Crippen LogP contribution in [0.2, 0.25) is 0 Å². The summed E-state index contributed by atoms with van der Waals surface area (Å²) in [6, 6.07) is 13.1. The van der Waals surface area contributed by atoms with E-state index < -0.39 is 0 Å². The summed E-state index contributed by atoms with van der Waals surface area (Å²) in [7, 11) is 0. The van der Waals surface area contributed by atoms with Gasteiger partial charge in [-0.15, -0.1) is 0 Å². The Morgan fingerprint density at radius 3 is 2.67 bits per heavy atom. The molecule has 1 saturated heterocycles. The van der Waals surface area contributed by atoms with E-state index >= 15 is 0 Å². The summed E-state index contributed by atoms with van der Waals surface area (Å²) in [6.07, 6.45) is 2.35. The number of likely N-dealkylation sites (tertiary alicyclic amines) is 1. The first-order valence-electron chi connectivity index (χ1n) is 10.9. The maximum atomic E-state index is 13.9. The van der Waals surface area contributed by atoms with Crippen LogP contribution in [-0.4, -0.2) is 29.5 Å². The van der Waals surface area contributed by atoms with Gasteiger partial charge in [-0.3, -0.25) is 9.69 Å². The second-order valence-electron chi connectivity index (χ2n) is 9.31. The Balaban J connectivity index is 1.37. The van der Waals surface area contributed by atoms with Crippen molar-refractivity contribution in [2.45, 2.75) is 58.2 Å². The molecule has 0 aromatic heterocycles. The lowest BCUT2D eigenvalue weighted by molar-refractivity contribution is -0.127. The third kappa shape index (κ3) is 4.67. The summed E-state index contributed by atoms with van der Waals surface area (Å²) >= 11 is 0. The molecule has 2 aliphatic rings. The molecule has 1 atom stereocenters. The Hall–Kier alpha value is -2.40. The van der Waals surface area contributed by atoms with Gasteiger partial charge in [0.25, 0.3) is 0 Å². The number of nitrogens with one attached hydrogen (secondary N) is 1. The number of halogens is 1. The number of hydrogen-bond donors (Lipinski definition) is 1. The molecule has 0 radical (unpaired) electrons. The molecule has 1 fully saturated rings. The number of fused-ring (bicyclic) bond motifs is 1. The van der Waals surface area contributed by atoms with E-state index in [4.69, 9.17) is 4.74 Å². The average molecular weight is 411 g/mol. The predicted octanol–water partition coefficient (Wildman–Crippen LogP) is 4.76. The van der Waals surface area contributed by atoms with Crippen LogP contribution in [0.15, 0.2) is 42.5 Å². The molecule has 0 spiro atoms. The monoisotopic (exact) mass is 410 g/mol. The van der Waals surface area contributed by atoms with Crippen LogP contribution in [0, 0.1) is 18.7 Å². The average Bonchev–Trinajstić information content (AvgIpc) is 2.70. The van der Waals surface area contributed by atoms with Crippen LogP contribution >= 0.6 is 0 Å². The number of benzene rings is 2. The Morgan fingerprint density at radius 1 is 1.20 bits per heavy atom. The number of rotatable bonds is 4. The minimum Gasteiger partial charge on any atom is -0.487 e. The summed E-state index contributed by atoms with van der Waals surface area (Å²) in [6.45, 7) is 8.40. The van der Waals surface area contributed by atoms with Crippen LogP contribution in [0.4, 0.5) is 4.39 Å². The van der Waals surface area contributed by atoms with Crippen LogP contribution < -0.4 is 10.1 Å². The molecule has 2 aliphatic heterocycles. The highest BCUT2D eigenvalue weighted by Gasteiger charge is 2.36. The number of aryl methyl sites for hydroxylation is 1. The van der Waals surface area contributed by atoms with E-state index in [0.717, 1.165) is 54.8 Å². The van der Waals surface area contributed by atoms with Gasteiger partial charge in [-0.1, -0.05) is 35.9 Å². The van der Waals surface area contributed by atoms with Crippen molar-refractivity contribution in [1.82, 2.24) is 10.2 Å². The molecular weight excluding hydrogens is 379 g/mol. The zero-order chi connectivity index (χ0) is 21.3. The van der Waals surface area contributed by atoms with E-state index in [1.54, 1.807) is 6.07 Å². The zero-order valence-electron chi connectivity index (χ0n) is 18.1. The predicted molar refractivity (Wildman–Crippen MR) is 116 cm³/mol. The SMILES string of the molecule is Cc1ccc2c(c1)[C@H](NC(=O)C1CCN(Cc3ccccc3F)CC1)CC(C)(C)O2. The van der Waals surface area contributed by atoms with E-state index in [9.17, 15) is 9.18 Å². The molecule has 0 saturated carbocycles. The Labute approximate surface area is 178 Å². The van der Waals surface area contributed by atoms with Crippen molar-refractivity contribution in [2.24, 2.45) is 5.92 Å². The smallest absolute Gasteiger partial charge is 0.223 e. The molecule has 30 heavy (non-hydrogen) atoms. The largest absolute Gasteiger partial charge is 0.487 e. The van der Waals surface area contributed by atoms with Gasteiger partial charge in [-0.05, 0) is 58.8 Å². The van der Waals surface area contributed by atoms with Crippen LogP contribution in [0.5, 0.6) is 5.75 Å². The number of piperidine rings is 1. The Morgan fingerprint density at radius 2 is 1.93 bits per heavy atom. The molecule has 2 aromatic rings. The normalized spacial score (nSPS) is 21.5. The summed E-state index contributed by atoms with van der Waals surface area (Å²) in [5, 5.41) is 3.30. The quantitative estimate of drug-likeness (QED) is 0.790. The lowest BCUT2D eigenvalue weighted by Gasteiger charge is -2.39. The fraction of sp³-hybridized carbons (Fsp3) is 0.480. The lowest BCUT2D eigenvalue weighted by Crippen LogP contribution is -2.45. The fourth-order valence-corrected chi connectivity index (χ4v) is 4.61. The number of nitrogens with zero attached hydrogens (tertiary/aromatic N) is 1. The second kappa shape index (κ2) is 8.38. The molecule has 160 valence electrons. The lowest BCUT2D eigenvalue weighted by atomic mass is 9.88. The molecule has 1 amide bonds. The summed E-state index contributed by atoms with van der Waals surface area (Å²) in [4.78, 5) is 15.3. The summed E-state index contributed by atoms with van der Waals surface area (Å²) < 4.78 is 20.0. The van der Waals surface area contributed by atoms with E-state index in [1.807, 2.05) is 24.3 Å². The standard InChI is InChI=1S/C25H31FN2O2/c1-17-8-9-23-20(14-17)22(15-25(2,3)30-23)27-24(29)18-10-12-28(13-11-18)16-19-6-4-5-7-21(19)26/h4-9,14,18,22H,10-13,15-16H2,1-3H3,(H,27,29)/t22-/m1/s1. The summed E-state index contributed by atoms with van der Waals surface area (Å²) in [5.74, 6) is 0.826. The fourth-order valence-electron chi connectivity index (χ4n) is 4.61. The van der Waals surface area contributed by atoms with Crippen molar-refractivity contribution in [3.05, 3.63) is 65.0 Å². The van der Waals surface area contributed by atoms with Gasteiger partial charge in [0.15, 0.2) is 0 Å². The molecule has 0 unspecified atom stereocenters. The van der Waals surface area contributed by atoms with Crippen LogP contribution in [-0.2, 0) is 11.3 Å². The summed E-state index contributed by atoms with van der Waals surface area (Å²) in [5.41, 5.74) is 2.64. The van der Waals surface area contributed by atoms with E-state index in [0.29, 0.717) is 6.54 Å². The minimum atomic E-state index is -0.316. The molecule has 0 bridgehead atoms. The first-order valence-corrected chi connectivity index (χ1v) is 10.9. The molecule has 5 heteroatoms. The number of carbonyl (C=O) groups excluding carboxylic acids is 1.